The van der Waals surface area contributed by atoms with Crippen LogP contribution in [0.5, 0.6) is 0 Å². The third-order valence-corrected chi connectivity index (χ3v) is 8.12. The molecule has 2 unspecified atom stereocenters. The van der Waals surface area contributed by atoms with Crippen molar-refractivity contribution in [2.24, 2.45) is 10.9 Å². The molecule has 37 heavy (non-hydrogen) atoms. The van der Waals surface area contributed by atoms with Crippen LogP contribution in [0.1, 0.15) is 52.8 Å². The van der Waals surface area contributed by atoms with Crippen molar-refractivity contribution in [3.05, 3.63) is 143 Å². The number of nitrogens with zero attached hydrogens (tertiary/aromatic N) is 2. The first-order valence-corrected chi connectivity index (χ1v) is 13.5. The van der Waals surface area contributed by atoms with Gasteiger partial charge in [0.15, 0.2) is 6.23 Å². The summed E-state index contributed by atoms with van der Waals surface area (Å²) in [5, 5.41) is 11.6. The average Bonchev–Trinajstić information content (AvgIpc) is 2.97. The molecule has 0 aromatic heterocycles. The van der Waals surface area contributed by atoms with Crippen LogP contribution in [-0.4, -0.2) is 34.8 Å². The maximum Gasteiger partial charge on any atom is 0.171 e. The van der Waals surface area contributed by atoms with Crippen molar-refractivity contribution >= 4 is 5.71 Å². The highest BCUT2D eigenvalue weighted by Crippen LogP contribution is 2.41. The van der Waals surface area contributed by atoms with Gasteiger partial charge in [0.2, 0.25) is 0 Å². The van der Waals surface area contributed by atoms with Crippen LogP contribution in [0.15, 0.2) is 120 Å². The Hall–Kier alpha value is -3.53. The lowest BCUT2D eigenvalue weighted by Gasteiger charge is -2.50. The van der Waals surface area contributed by atoms with E-state index in [4.69, 9.17) is 4.99 Å². The van der Waals surface area contributed by atoms with Gasteiger partial charge in [-0.15, -0.1) is 0 Å². The molecule has 3 saturated heterocycles. The number of aliphatic hydroxyl groups excluding tert-OH is 1. The molecule has 2 bridgehead atoms. The average molecular weight is 487 g/mol. The summed E-state index contributed by atoms with van der Waals surface area (Å²) in [6.07, 6.45) is 2.15. The number of aliphatic imine (C=N–C) groups is 1. The van der Waals surface area contributed by atoms with E-state index >= 15 is 0 Å². The van der Waals surface area contributed by atoms with E-state index in [9.17, 15) is 5.11 Å². The van der Waals surface area contributed by atoms with Gasteiger partial charge in [0.05, 0.1) is 6.04 Å². The van der Waals surface area contributed by atoms with E-state index in [0.717, 1.165) is 49.2 Å². The number of aliphatic hydroxyl groups is 1. The van der Waals surface area contributed by atoms with Crippen molar-refractivity contribution in [2.75, 3.05) is 13.1 Å². The van der Waals surface area contributed by atoms with Crippen molar-refractivity contribution in [1.82, 2.24) is 4.90 Å². The lowest BCUT2D eigenvalue weighted by molar-refractivity contribution is 0.128. The summed E-state index contributed by atoms with van der Waals surface area (Å²) in [7, 11) is 0. The lowest BCUT2D eigenvalue weighted by atomic mass is 9.72. The number of hydrogen-bond acceptors (Lipinski definition) is 3. The highest BCUT2D eigenvalue weighted by atomic mass is 16.3. The fourth-order valence-electron chi connectivity index (χ4n) is 6.32. The van der Waals surface area contributed by atoms with Crippen LogP contribution in [0.2, 0.25) is 0 Å². The first-order chi connectivity index (χ1) is 18.3. The van der Waals surface area contributed by atoms with Crippen LogP contribution in [0.25, 0.3) is 0 Å². The maximum absolute atomic E-state index is 11.6. The van der Waals surface area contributed by atoms with Crippen molar-refractivity contribution < 1.29 is 5.11 Å². The summed E-state index contributed by atoms with van der Waals surface area (Å²) in [6.45, 7) is 2.18. The highest BCUT2D eigenvalue weighted by Gasteiger charge is 2.44. The molecule has 0 radical (unpaired) electrons. The Labute approximate surface area is 220 Å². The Morgan fingerprint density at radius 2 is 1.24 bits per heavy atom. The first-order valence-electron chi connectivity index (χ1n) is 13.5. The molecule has 186 valence electrons. The molecule has 3 fully saturated rings. The van der Waals surface area contributed by atoms with E-state index in [1.165, 1.54) is 16.7 Å². The number of fused-ring (bicyclic) bond motifs is 3. The predicted molar refractivity (Wildman–Crippen MR) is 151 cm³/mol. The molecule has 3 nitrogen and oxygen atoms in total. The maximum atomic E-state index is 11.6. The van der Waals surface area contributed by atoms with Gasteiger partial charge in [-0.2, -0.15) is 0 Å². The summed E-state index contributed by atoms with van der Waals surface area (Å²) in [6, 6.07) is 40.5. The van der Waals surface area contributed by atoms with E-state index in [1.807, 2.05) is 18.2 Å². The van der Waals surface area contributed by atoms with E-state index in [2.05, 4.69) is 102 Å². The highest BCUT2D eigenvalue weighted by molar-refractivity contribution is 5.94. The largest absolute Gasteiger partial charge is 0.368 e. The summed E-state index contributed by atoms with van der Waals surface area (Å²) < 4.78 is 0. The SMILES string of the molecule is OC(N=C1C2CCN(CC2)C1C(c1ccccc1)c1ccccc1)c1ccccc1Cc1ccccc1. The Morgan fingerprint density at radius 1 is 0.703 bits per heavy atom. The molecule has 4 aromatic rings. The fraction of sp³-hybridized carbons (Fsp3) is 0.265. The predicted octanol–water partition coefficient (Wildman–Crippen LogP) is 6.64. The molecule has 0 amide bonds. The first kappa shape index (κ1) is 23.8. The molecule has 3 heteroatoms. The van der Waals surface area contributed by atoms with Crippen molar-refractivity contribution in [1.29, 1.82) is 0 Å². The third-order valence-electron chi connectivity index (χ3n) is 8.12. The molecule has 7 rings (SSSR count). The molecule has 2 atom stereocenters. The Morgan fingerprint density at radius 3 is 1.86 bits per heavy atom. The summed E-state index contributed by atoms with van der Waals surface area (Å²) in [4.78, 5) is 7.78. The van der Waals surface area contributed by atoms with Crippen LogP contribution in [-0.2, 0) is 6.42 Å². The third kappa shape index (κ3) is 5.02. The van der Waals surface area contributed by atoms with Gasteiger partial charge < -0.3 is 5.11 Å². The molecular weight excluding hydrogens is 452 g/mol. The monoisotopic (exact) mass is 486 g/mol. The minimum Gasteiger partial charge on any atom is -0.368 e. The van der Waals surface area contributed by atoms with E-state index in [0.29, 0.717) is 5.92 Å². The molecule has 4 aromatic carbocycles. The van der Waals surface area contributed by atoms with Gasteiger partial charge in [0.1, 0.15) is 0 Å². The molecule has 3 heterocycles. The molecule has 1 N–H and O–H groups in total. The van der Waals surface area contributed by atoms with Crippen LogP contribution in [0, 0.1) is 5.92 Å². The lowest BCUT2D eigenvalue weighted by Crippen LogP contribution is -2.58. The summed E-state index contributed by atoms with van der Waals surface area (Å²) >= 11 is 0. The van der Waals surface area contributed by atoms with Gasteiger partial charge in [-0.25, -0.2) is 0 Å². The van der Waals surface area contributed by atoms with Crippen molar-refractivity contribution in [2.45, 2.75) is 37.5 Å². The molecule has 3 aliphatic rings. The van der Waals surface area contributed by atoms with Crippen LogP contribution < -0.4 is 0 Å². The quantitative estimate of drug-likeness (QED) is 0.318. The number of rotatable bonds is 7. The Bertz CT molecular complexity index is 1290. The van der Waals surface area contributed by atoms with Gasteiger partial charge >= 0.3 is 0 Å². The molecular formula is C34H34N2O. The molecule has 0 spiro atoms. The van der Waals surface area contributed by atoms with Crippen molar-refractivity contribution in [3.63, 3.8) is 0 Å². The minimum atomic E-state index is -0.870. The van der Waals surface area contributed by atoms with Crippen molar-refractivity contribution in [3.8, 4) is 0 Å². The fourth-order valence-corrected chi connectivity index (χ4v) is 6.32. The minimum absolute atomic E-state index is 0.147. The summed E-state index contributed by atoms with van der Waals surface area (Å²) in [5.74, 6) is 0.594. The van der Waals surface area contributed by atoms with Gasteiger partial charge in [0.25, 0.3) is 0 Å². The second kappa shape index (κ2) is 10.8. The zero-order valence-electron chi connectivity index (χ0n) is 21.2. The zero-order chi connectivity index (χ0) is 25.0. The topological polar surface area (TPSA) is 35.8 Å². The zero-order valence-corrected chi connectivity index (χ0v) is 21.2. The van der Waals surface area contributed by atoms with Crippen LogP contribution >= 0.6 is 0 Å². The number of hydrogen-bond donors (Lipinski definition) is 1. The van der Waals surface area contributed by atoms with Gasteiger partial charge in [0, 0.05) is 23.1 Å². The molecule has 0 saturated carbocycles. The standard InChI is InChI=1S/C34H34N2O/c37-34(30-19-11-10-18-29(30)24-25-12-4-1-5-13-25)35-32-28-20-22-36(23-21-28)33(32)31(26-14-6-2-7-15-26)27-16-8-3-9-17-27/h1-19,28,31,33-34,37H,20-24H2. The summed E-state index contributed by atoms with van der Waals surface area (Å²) in [5.41, 5.74) is 7.05. The van der Waals surface area contributed by atoms with Gasteiger partial charge in [-0.1, -0.05) is 115 Å². The van der Waals surface area contributed by atoms with Crippen LogP contribution in [0.4, 0.5) is 0 Å². The second-order valence-electron chi connectivity index (χ2n) is 10.3. The number of benzene rings is 4. The van der Waals surface area contributed by atoms with E-state index in [-0.39, 0.29) is 12.0 Å². The number of piperidine rings is 3. The van der Waals surface area contributed by atoms with E-state index < -0.39 is 6.23 Å². The smallest absolute Gasteiger partial charge is 0.171 e. The van der Waals surface area contributed by atoms with E-state index in [1.54, 1.807) is 0 Å². The van der Waals surface area contributed by atoms with Gasteiger partial charge in [-0.3, -0.25) is 9.89 Å². The van der Waals surface area contributed by atoms with Gasteiger partial charge in [-0.05, 0) is 54.6 Å². The Kier molecular flexibility index (Phi) is 6.98. The molecule has 3 aliphatic heterocycles. The van der Waals surface area contributed by atoms with Crippen LogP contribution in [0.3, 0.4) is 0 Å². The Balaban J connectivity index is 1.40. The second-order valence-corrected chi connectivity index (χ2v) is 10.3. The normalized spacial score (nSPS) is 22.9. The molecule has 0 aliphatic carbocycles.